The van der Waals surface area contributed by atoms with Gasteiger partial charge in [-0.15, -0.1) is 11.3 Å². The molecule has 0 spiro atoms. The van der Waals surface area contributed by atoms with E-state index in [-0.39, 0.29) is 5.28 Å². The lowest BCUT2D eigenvalue weighted by Crippen LogP contribution is -2.21. The molecule has 1 fully saturated rings. The van der Waals surface area contributed by atoms with Crippen molar-refractivity contribution in [1.82, 2.24) is 19.9 Å². The third-order valence-corrected chi connectivity index (χ3v) is 4.10. The first-order valence-electron chi connectivity index (χ1n) is 6.60. The highest BCUT2D eigenvalue weighted by molar-refractivity contribution is 7.09. The van der Waals surface area contributed by atoms with Gasteiger partial charge in [0.05, 0.1) is 5.01 Å². The predicted octanol–water partition coefficient (Wildman–Crippen LogP) is 2.24. The third kappa shape index (κ3) is 3.34. The van der Waals surface area contributed by atoms with Gasteiger partial charge in [-0.2, -0.15) is 15.0 Å². The molecule has 106 valence electrons. The van der Waals surface area contributed by atoms with Gasteiger partial charge in [-0.3, -0.25) is 0 Å². The van der Waals surface area contributed by atoms with E-state index >= 15 is 0 Å². The molecule has 1 aliphatic heterocycles. The summed E-state index contributed by atoms with van der Waals surface area (Å²) in [7, 11) is 0. The van der Waals surface area contributed by atoms with Gasteiger partial charge in [0.15, 0.2) is 0 Å². The topological polar surface area (TPSA) is 66.8 Å². The highest BCUT2D eigenvalue weighted by Crippen LogP contribution is 2.18. The Labute approximate surface area is 126 Å². The van der Waals surface area contributed by atoms with E-state index in [0.717, 1.165) is 31.1 Å². The maximum absolute atomic E-state index is 5.97. The molecular formula is C12H15ClN6S. The molecule has 0 unspecified atom stereocenters. The third-order valence-electron chi connectivity index (χ3n) is 3.09. The molecule has 8 heteroatoms. The number of hydrogen-bond donors (Lipinski definition) is 1. The lowest BCUT2D eigenvalue weighted by molar-refractivity contribution is 0.872. The van der Waals surface area contributed by atoms with Crippen LogP contribution in [0.4, 0.5) is 11.9 Å². The summed E-state index contributed by atoms with van der Waals surface area (Å²) in [5.41, 5.74) is 0. The molecule has 0 aromatic carbocycles. The molecule has 3 heterocycles. The zero-order valence-electron chi connectivity index (χ0n) is 10.9. The van der Waals surface area contributed by atoms with Gasteiger partial charge in [-0.05, 0) is 24.4 Å². The monoisotopic (exact) mass is 310 g/mol. The Morgan fingerprint density at radius 2 is 2.10 bits per heavy atom. The van der Waals surface area contributed by atoms with Crippen molar-refractivity contribution in [3.05, 3.63) is 21.9 Å². The largest absolute Gasteiger partial charge is 0.354 e. The minimum absolute atomic E-state index is 0.235. The molecule has 6 nitrogen and oxygen atoms in total. The summed E-state index contributed by atoms with van der Waals surface area (Å²) < 4.78 is 0. The molecule has 0 aliphatic carbocycles. The summed E-state index contributed by atoms with van der Waals surface area (Å²) in [5, 5.41) is 6.48. The van der Waals surface area contributed by atoms with Gasteiger partial charge < -0.3 is 10.2 Å². The Morgan fingerprint density at radius 1 is 1.25 bits per heavy atom. The quantitative estimate of drug-likeness (QED) is 0.913. The van der Waals surface area contributed by atoms with Crippen LogP contribution < -0.4 is 10.2 Å². The van der Waals surface area contributed by atoms with Crippen LogP contribution in [-0.4, -0.2) is 39.6 Å². The zero-order valence-corrected chi connectivity index (χ0v) is 12.5. The van der Waals surface area contributed by atoms with Gasteiger partial charge in [-0.1, -0.05) is 0 Å². The highest BCUT2D eigenvalue weighted by Gasteiger charge is 2.16. The van der Waals surface area contributed by atoms with E-state index in [2.05, 4.69) is 30.2 Å². The van der Waals surface area contributed by atoms with Crippen LogP contribution in [0, 0.1) is 0 Å². The van der Waals surface area contributed by atoms with Crippen LogP contribution >= 0.6 is 22.9 Å². The Hall–Kier alpha value is -1.47. The number of hydrogen-bond acceptors (Lipinski definition) is 7. The smallest absolute Gasteiger partial charge is 0.231 e. The number of rotatable bonds is 5. The van der Waals surface area contributed by atoms with Gasteiger partial charge in [0, 0.05) is 37.6 Å². The van der Waals surface area contributed by atoms with E-state index in [1.54, 1.807) is 11.3 Å². The average molecular weight is 311 g/mol. The standard InChI is InChI=1S/C12H15ClN6S/c13-10-16-11(15-4-3-9-14-5-8-20-9)18-12(17-10)19-6-1-2-7-19/h5,8H,1-4,6-7H2,(H,15,16,17,18). The van der Waals surface area contributed by atoms with Gasteiger partial charge in [0.2, 0.25) is 17.2 Å². The van der Waals surface area contributed by atoms with Crippen molar-refractivity contribution in [3.8, 4) is 0 Å². The van der Waals surface area contributed by atoms with Crippen molar-refractivity contribution in [2.24, 2.45) is 0 Å². The Bertz CT molecular complexity index is 555. The number of nitrogens with one attached hydrogen (secondary N) is 1. The molecule has 2 aromatic rings. The number of nitrogens with zero attached hydrogens (tertiary/aromatic N) is 5. The molecule has 1 saturated heterocycles. The van der Waals surface area contributed by atoms with Crippen molar-refractivity contribution >= 4 is 34.8 Å². The van der Waals surface area contributed by atoms with Crippen LogP contribution in [0.5, 0.6) is 0 Å². The fourth-order valence-electron chi connectivity index (χ4n) is 2.13. The van der Waals surface area contributed by atoms with E-state index < -0.39 is 0 Å². The van der Waals surface area contributed by atoms with E-state index in [4.69, 9.17) is 11.6 Å². The Kier molecular flexibility index (Phi) is 4.27. The lowest BCUT2D eigenvalue weighted by atomic mass is 10.4. The fraction of sp³-hybridized carbons (Fsp3) is 0.500. The molecular weight excluding hydrogens is 296 g/mol. The summed E-state index contributed by atoms with van der Waals surface area (Å²) in [6.07, 6.45) is 5.01. The highest BCUT2D eigenvalue weighted by atomic mass is 35.5. The maximum Gasteiger partial charge on any atom is 0.231 e. The Morgan fingerprint density at radius 3 is 2.85 bits per heavy atom. The number of thiazole rings is 1. The zero-order chi connectivity index (χ0) is 13.8. The van der Waals surface area contributed by atoms with Crippen LogP contribution in [-0.2, 0) is 6.42 Å². The van der Waals surface area contributed by atoms with E-state index in [1.807, 2.05) is 11.6 Å². The summed E-state index contributed by atoms with van der Waals surface area (Å²) in [4.78, 5) is 19.1. The van der Waals surface area contributed by atoms with Crippen LogP contribution in [0.1, 0.15) is 17.8 Å². The van der Waals surface area contributed by atoms with Crippen molar-refractivity contribution in [2.75, 3.05) is 29.9 Å². The molecule has 1 aliphatic rings. The first kappa shape index (κ1) is 13.5. The summed E-state index contributed by atoms with van der Waals surface area (Å²) >= 11 is 7.61. The molecule has 3 rings (SSSR count). The molecule has 0 radical (unpaired) electrons. The summed E-state index contributed by atoms with van der Waals surface area (Å²) in [6.45, 7) is 2.70. The number of anilines is 2. The van der Waals surface area contributed by atoms with E-state index in [0.29, 0.717) is 11.9 Å². The van der Waals surface area contributed by atoms with Crippen LogP contribution in [0.3, 0.4) is 0 Å². The predicted molar refractivity (Wildman–Crippen MR) is 80.6 cm³/mol. The number of halogens is 1. The fourth-order valence-corrected chi connectivity index (χ4v) is 2.91. The van der Waals surface area contributed by atoms with E-state index in [9.17, 15) is 0 Å². The van der Waals surface area contributed by atoms with E-state index in [1.165, 1.54) is 12.8 Å². The second-order valence-electron chi connectivity index (χ2n) is 4.52. The van der Waals surface area contributed by atoms with Crippen molar-refractivity contribution in [2.45, 2.75) is 19.3 Å². The second-order valence-corrected chi connectivity index (χ2v) is 5.84. The summed E-state index contributed by atoms with van der Waals surface area (Å²) in [5.74, 6) is 1.20. The number of aromatic nitrogens is 4. The van der Waals surface area contributed by atoms with Crippen LogP contribution in [0.2, 0.25) is 5.28 Å². The molecule has 1 N–H and O–H groups in total. The minimum atomic E-state index is 0.235. The second kappa shape index (κ2) is 6.32. The van der Waals surface area contributed by atoms with Gasteiger partial charge in [-0.25, -0.2) is 4.98 Å². The van der Waals surface area contributed by atoms with Gasteiger partial charge in [0.25, 0.3) is 0 Å². The molecule has 0 atom stereocenters. The van der Waals surface area contributed by atoms with Crippen molar-refractivity contribution in [1.29, 1.82) is 0 Å². The maximum atomic E-state index is 5.97. The minimum Gasteiger partial charge on any atom is -0.354 e. The molecule has 2 aromatic heterocycles. The molecule has 20 heavy (non-hydrogen) atoms. The van der Waals surface area contributed by atoms with Gasteiger partial charge in [0.1, 0.15) is 0 Å². The summed E-state index contributed by atoms with van der Waals surface area (Å²) in [6, 6.07) is 0. The van der Waals surface area contributed by atoms with Gasteiger partial charge >= 0.3 is 0 Å². The molecule has 0 amide bonds. The van der Waals surface area contributed by atoms with Crippen LogP contribution in [0.25, 0.3) is 0 Å². The Balaban J connectivity index is 1.63. The lowest BCUT2D eigenvalue weighted by Gasteiger charge is -2.15. The first-order chi connectivity index (χ1) is 9.81. The van der Waals surface area contributed by atoms with Crippen molar-refractivity contribution in [3.63, 3.8) is 0 Å². The molecule has 0 saturated carbocycles. The van der Waals surface area contributed by atoms with Crippen LogP contribution in [0.15, 0.2) is 11.6 Å². The molecule has 0 bridgehead atoms. The first-order valence-corrected chi connectivity index (χ1v) is 7.86. The average Bonchev–Trinajstić information content (AvgIpc) is 3.11. The normalized spacial score (nSPS) is 14.8. The van der Waals surface area contributed by atoms with Crippen molar-refractivity contribution < 1.29 is 0 Å². The SMILES string of the molecule is Clc1nc(NCCc2nccs2)nc(N2CCCC2)n1.